The maximum Gasteiger partial charge on any atom is 0.256 e. The average Bonchev–Trinajstić information content (AvgIpc) is 2.48. The maximum atomic E-state index is 12.7. The Morgan fingerprint density at radius 3 is 2.57 bits per heavy atom. The van der Waals surface area contributed by atoms with Crippen molar-refractivity contribution in [3.05, 3.63) is 64.2 Å². The van der Waals surface area contributed by atoms with Crippen molar-refractivity contribution in [2.75, 3.05) is 12.3 Å². The first kappa shape index (κ1) is 15.4. The van der Waals surface area contributed by atoms with Crippen LogP contribution in [0.5, 0.6) is 0 Å². The third-order valence-electron chi connectivity index (χ3n) is 3.54. The molecule has 0 spiro atoms. The summed E-state index contributed by atoms with van der Waals surface area (Å²) < 4.78 is 0. The molecule has 2 aromatic carbocycles. The summed E-state index contributed by atoms with van der Waals surface area (Å²) in [4.78, 5) is 14.4. The van der Waals surface area contributed by atoms with Crippen molar-refractivity contribution in [1.82, 2.24) is 4.90 Å². The molecular formula is C17H19ClN2O. The van der Waals surface area contributed by atoms with Gasteiger partial charge in [-0.1, -0.05) is 41.9 Å². The van der Waals surface area contributed by atoms with Gasteiger partial charge in [-0.05, 0) is 37.1 Å². The van der Waals surface area contributed by atoms with Gasteiger partial charge in [0.2, 0.25) is 0 Å². The Bertz CT molecular complexity index is 655. The number of nitrogen functional groups attached to an aromatic ring is 1. The summed E-state index contributed by atoms with van der Waals surface area (Å²) in [5.74, 6) is -0.0707. The van der Waals surface area contributed by atoms with Gasteiger partial charge in [0, 0.05) is 23.8 Å². The summed E-state index contributed by atoms with van der Waals surface area (Å²) in [6.07, 6.45) is 0. The largest absolute Gasteiger partial charge is 0.398 e. The van der Waals surface area contributed by atoms with E-state index in [0.717, 1.165) is 11.1 Å². The minimum absolute atomic E-state index is 0.0707. The zero-order valence-corrected chi connectivity index (χ0v) is 13.0. The average molecular weight is 303 g/mol. The Morgan fingerprint density at radius 1 is 1.19 bits per heavy atom. The molecule has 0 unspecified atom stereocenters. The molecule has 0 atom stereocenters. The van der Waals surface area contributed by atoms with Gasteiger partial charge in [0.25, 0.3) is 5.91 Å². The second kappa shape index (κ2) is 6.64. The number of aryl methyl sites for hydroxylation is 1. The molecule has 21 heavy (non-hydrogen) atoms. The Kier molecular flexibility index (Phi) is 4.86. The number of nitrogens with zero attached hydrogens (tertiary/aromatic N) is 1. The van der Waals surface area contributed by atoms with E-state index in [9.17, 15) is 4.79 Å². The van der Waals surface area contributed by atoms with Crippen LogP contribution in [0.2, 0.25) is 5.02 Å². The van der Waals surface area contributed by atoms with Crippen molar-refractivity contribution >= 4 is 23.2 Å². The highest BCUT2D eigenvalue weighted by Crippen LogP contribution is 2.21. The van der Waals surface area contributed by atoms with Crippen LogP contribution in [0.1, 0.15) is 28.4 Å². The lowest BCUT2D eigenvalue weighted by atomic mass is 10.1. The summed E-state index contributed by atoms with van der Waals surface area (Å²) in [6.45, 7) is 4.91. The molecular weight excluding hydrogens is 284 g/mol. The normalized spacial score (nSPS) is 10.4. The molecule has 1 amide bonds. The van der Waals surface area contributed by atoms with Crippen LogP contribution in [-0.4, -0.2) is 17.4 Å². The number of carbonyl (C=O) groups is 1. The fourth-order valence-corrected chi connectivity index (χ4v) is 2.39. The second-order valence-electron chi connectivity index (χ2n) is 4.95. The van der Waals surface area contributed by atoms with Crippen LogP contribution >= 0.6 is 11.6 Å². The van der Waals surface area contributed by atoms with E-state index in [4.69, 9.17) is 17.3 Å². The minimum atomic E-state index is -0.0707. The maximum absolute atomic E-state index is 12.7. The van der Waals surface area contributed by atoms with Gasteiger partial charge in [0.15, 0.2) is 0 Å². The molecule has 0 aliphatic rings. The standard InChI is InChI=1S/C17H19ClN2O/c1-3-20(11-13-8-4-5-10-15(13)18)17(21)14-9-6-7-12(2)16(14)19/h4-10H,3,11,19H2,1-2H3. The van der Waals surface area contributed by atoms with Crippen molar-refractivity contribution in [2.24, 2.45) is 0 Å². The van der Waals surface area contributed by atoms with Crippen molar-refractivity contribution in [3.63, 3.8) is 0 Å². The van der Waals surface area contributed by atoms with Gasteiger partial charge in [-0.3, -0.25) is 4.79 Å². The Morgan fingerprint density at radius 2 is 1.90 bits per heavy atom. The highest BCUT2D eigenvalue weighted by atomic mass is 35.5. The predicted octanol–water partition coefficient (Wildman–Crippen LogP) is 3.89. The van der Waals surface area contributed by atoms with E-state index in [0.29, 0.717) is 29.4 Å². The predicted molar refractivity (Wildman–Crippen MR) is 87.5 cm³/mol. The van der Waals surface area contributed by atoms with Gasteiger partial charge in [0.05, 0.1) is 5.56 Å². The van der Waals surface area contributed by atoms with Gasteiger partial charge >= 0.3 is 0 Å². The van der Waals surface area contributed by atoms with Crippen LogP contribution in [0, 0.1) is 6.92 Å². The molecule has 2 N–H and O–H groups in total. The summed E-state index contributed by atoms with van der Waals surface area (Å²) >= 11 is 6.17. The Labute approximate surface area is 130 Å². The smallest absolute Gasteiger partial charge is 0.256 e. The SMILES string of the molecule is CCN(Cc1ccccc1Cl)C(=O)c1cccc(C)c1N. The van der Waals surface area contributed by atoms with Gasteiger partial charge < -0.3 is 10.6 Å². The highest BCUT2D eigenvalue weighted by molar-refractivity contribution is 6.31. The Hall–Kier alpha value is -2.00. The molecule has 0 aromatic heterocycles. The van der Waals surface area contributed by atoms with Gasteiger partial charge in [-0.15, -0.1) is 0 Å². The molecule has 3 nitrogen and oxygen atoms in total. The zero-order chi connectivity index (χ0) is 15.4. The molecule has 0 saturated heterocycles. The molecule has 0 aliphatic carbocycles. The van der Waals surface area contributed by atoms with Crippen LogP contribution in [0.15, 0.2) is 42.5 Å². The summed E-state index contributed by atoms with van der Waals surface area (Å²) in [5.41, 5.74) is 8.96. The third-order valence-corrected chi connectivity index (χ3v) is 3.91. The van der Waals surface area contributed by atoms with Crippen molar-refractivity contribution in [1.29, 1.82) is 0 Å². The monoisotopic (exact) mass is 302 g/mol. The van der Waals surface area contributed by atoms with E-state index in [2.05, 4.69) is 0 Å². The number of hydrogen-bond acceptors (Lipinski definition) is 2. The minimum Gasteiger partial charge on any atom is -0.398 e. The molecule has 0 saturated carbocycles. The first-order valence-corrected chi connectivity index (χ1v) is 7.30. The summed E-state index contributed by atoms with van der Waals surface area (Å²) in [7, 11) is 0. The highest BCUT2D eigenvalue weighted by Gasteiger charge is 2.18. The van der Waals surface area contributed by atoms with E-state index >= 15 is 0 Å². The molecule has 2 aromatic rings. The lowest BCUT2D eigenvalue weighted by Gasteiger charge is -2.22. The van der Waals surface area contributed by atoms with E-state index in [-0.39, 0.29) is 5.91 Å². The molecule has 0 heterocycles. The van der Waals surface area contributed by atoms with Crippen LogP contribution in [0.25, 0.3) is 0 Å². The molecule has 2 rings (SSSR count). The number of anilines is 1. The quantitative estimate of drug-likeness (QED) is 0.871. The van der Waals surface area contributed by atoms with Crippen molar-refractivity contribution < 1.29 is 4.79 Å². The van der Waals surface area contributed by atoms with E-state index in [1.54, 1.807) is 11.0 Å². The molecule has 4 heteroatoms. The van der Waals surface area contributed by atoms with Crippen LogP contribution in [0.4, 0.5) is 5.69 Å². The molecule has 0 aliphatic heterocycles. The van der Waals surface area contributed by atoms with Gasteiger partial charge in [-0.2, -0.15) is 0 Å². The van der Waals surface area contributed by atoms with Gasteiger partial charge in [-0.25, -0.2) is 0 Å². The number of nitrogens with two attached hydrogens (primary N) is 1. The first-order chi connectivity index (χ1) is 10.0. The molecule has 0 radical (unpaired) electrons. The van der Waals surface area contributed by atoms with E-state index in [1.807, 2.05) is 50.2 Å². The topological polar surface area (TPSA) is 46.3 Å². The third kappa shape index (κ3) is 3.37. The number of benzene rings is 2. The lowest BCUT2D eigenvalue weighted by molar-refractivity contribution is 0.0753. The number of halogens is 1. The summed E-state index contributed by atoms with van der Waals surface area (Å²) in [6, 6.07) is 13.1. The van der Waals surface area contributed by atoms with E-state index < -0.39 is 0 Å². The van der Waals surface area contributed by atoms with Crippen molar-refractivity contribution in [3.8, 4) is 0 Å². The molecule has 110 valence electrons. The Balaban J connectivity index is 2.27. The van der Waals surface area contributed by atoms with Crippen LogP contribution < -0.4 is 5.73 Å². The van der Waals surface area contributed by atoms with Crippen LogP contribution in [0.3, 0.4) is 0 Å². The number of amides is 1. The number of rotatable bonds is 4. The van der Waals surface area contributed by atoms with Gasteiger partial charge in [0.1, 0.15) is 0 Å². The molecule has 0 fully saturated rings. The lowest BCUT2D eigenvalue weighted by Crippen LogP contribution is -2.31. The fourth-order valence-electron chi connectivity index (χ4n) is 2.20. The van der Waals surface area contributed by atoms with E-state index in [1.165, 1.54) is 0 Å². The zero-order valence-electron chi connectivity index (χ0n) is 12.3. The number of para-hydroxylation sites is 1. The van der Waals surface area contributed by atoms with Crippen LogP contribution in [-0.2, 0) is 6.54 Å². The van der Waals surface area contributed by atoms with Crippen molar-refractivity contribution in [2.45, 2.75) is 20.4 Å². The fraction of sp³-hybridized carbons (Fsp3) is 0.235. The molecule has 0 bridgehead atoms. The number of carbonyl (C=O) groups excluding carboxylic acids is 1. The number of hydrogen-bond donors (Lipinski definition) is 1. The summed E-state index contributed by atoms with van der Waals surface area (Å²) in [5, 5.41) is 0.668. The first-order valence-electron chi connectivity index (χ1n) is 6.92. The second-order valence-corrected chi connectivity index (χ2v) is 5.35.